The van der Waals surface area contributed by atoms with E-state index in [0.717, 1.165) is 22.0 Å². The van der Waals surface area contributed by atoms with Crippen molar-refractivity contribution in [3.63, 3.8) is 0 Å². The summed E-state index contributed by atoms with van der Waals surface area (Å²) in [4.78, 5) is 4.25. The monoisotopic (exact) mass is 252 g/mol. The molecule has 0 atom stereocenters. The third-order valence-electron chi connectivity index (χ3n) is 3.28. The van der Waals surface area contributed by atoms with Crippen LogP contribution in [-0.4, -0.2) is 4.98 Å². The standard InChI is InChI=1S/C16H13FN2/c1-10-2-3-12(9-14(10)17)11-4-5-16-13(8-11)15(18)6-7-19-16/h2-9H,1H3,(H2,18,19). The molecule has 0 fully saturated rings. The Hall–Kier alpha value is -2.42. The number of anilines is 1. The Balaban J connectivity index is 2.20. The summed E-state index contributed by atoms with van der Waals surface area (Å²) < 4.78 is 13.6. The summed E-state index contributed by atoms with van der Waals surface area (Å²) in [5, 5.41) is 0.890. The van der Waals surface area contributed by atoms with Crippen LogP contribution < -0.4 is 5.73 Å². The zero-order chi connectivity index (χ0) is 13.4. The minimum atomic E-state index is -0.197. The normalized spacial score (nSPS) is 10.8. The van der Waals surface area contributed by atoms with Gasteiger partial charge in [0.1, 0.15) is 5.82 Å². The first kappa shape index (κ1) is 11.7. The Morgan fingerprint density at radius 1 is 1.00 bits per heavy atom. The Bertz CT molecular complexity index is 766. The number of aryl methyl sites for hydroxylation is 1. The van der Waals surface area contributed by atoms with Crippen LogP contribution in [0.2, 0.25) is 0 Å². The van der Waals surface area contributed by atoms with Crippen LogP contribution in [0.5, 0.6) is 0 Å². The predicted molar refractivity (Wildman–Crippen MR) is 76.3 cm³/mol. The lowest BCUT2D eigenvalue weighted by Gasteiger charge is -2.06. The molecule has 2 nitrogen and oxygen atoms in total. The Morgan fingerprint density at radius 2 is 1.74 bits per heavy atom. The number of nitrogens with zero attached hydrogens (tertiary/aromatic N) is 1. The fourth-order valence-corrected chi connectivity index (χ4v) is 2.12. The van der Waals surface area contributed by atoms with Crippen LogP contribution in [0.1, 0.15) is 5.56 Å². The highest BCUT2D eigenvalue weighted by molar-refractivity contribution is 5.93. The maximum Gasteiger partial charge on any atom is 0.126 e. The molecule has 3 rings (SSSR count). The molecule has 3 aromatic rings. The molecule has 0 saturated carbocycles. The lowest BCUT2D eigenvalue weighted by Crippen LogP contribution is -1.90. The van der Waals surface area contributed by atoms with E-state index in [4.69, 9.17) is 5.73 Å². The molecule has 0 amide bonds. The van der Waals surface area contributed by atoms with Crippen LogP contribution in [0.15, 0.2) is 48.7 Å². The van der Waals surface area contributed by atoms with Gasteiger partial charge in [0.05, 0.1) is 5.52 Å². The van der Waals surface area contributed by atoms with E-state index in [2.05, 4.69) is 4.98 Å². The maximum atomic E-state index is 13.6. The van der Waals surface area contributed by atoms with Crippen LogP contribution >= 0.6 is 0 Å². The molecular weight excluding hydrogens is 239 g/mol. The third-order valence-corrected chi connectivity index (χ3v) is 3.28. The highest BCUT2D eigenvalue weighted by Crippen LogP contribution is 2.27. The van der Waals surface area contributed by atoms with Gasteiger partial charge in [-0.15, -0.1) is 0 Å². The Kier molecular flexibility index (Phi) is 2.67. The number of nitrogen functional groups attached to an aromatic ring is 1. The molecule has 94 valence electrons. The second kappa shape index (κ2) is 4.35. The molecule has 2 N–H and O–H groups in total. The highest BCUT2D eigenvalue weighted by Gasteiger charge is 2.05. The van der Waals surface area contributed by atoms with Gasteiger partial charge in [0.15, 0.2) is 0 Å². The number of rotatable bonds is 1. The Morgan fingerprint density at radius 3 is 2.53 bits per heavy atom. The molecule has 0 unspecified atom stereocenters. The van der Waals surface area contributed by atoms with Gasteiger partial charge in [0, 0.05) is 17.3 Å². The van der Waals surface area contributed by atoms with Crippen LogP contribution in [0.3, 0.4) is 0 Å². The third kappa shape index (κ3) is 2.03. The van der Waals surface area contributed by atoms with Crippen LogP contribution in [0.4, 0.5) is 10.1 Å². The van der Waals surface area contributed by atoms with E-state index in [1.54, 1.807) is 31.3 Å². The van der Waals surface area contributed by atoms with Crippen LogP contribution in [0, 0.1) is 12.7 Å². The van der Waals surface area contributed by atoms with E-state index in [1.807, 2.05) is 24.3 Å². The van der Waals surface area contributed by atoms with Crippen molar-refractivity contribution in [2.75, 3.05) is 5.73 Å². The van der Waals surface area contributed by atoms with E-state index in [9.17, 15) is 4.39 Å². The first-order chi connectivity index (χ1) is 9.15. The number of aromatic nitrogens is 1. The summed E-state index contributed by atoms with van der Waals surface area (Å²) >= 11 is 0. The molecule has 1 aromatic heterocycles. The molecular formula is C16H13FN2. The maximum absolute atomic E-state index is 13.6. The molecule has 19 heavy (non-hydrogen) atoms. The minimum Gasteiger partial charge on any atom is -0.398 e. The topological polar surface area (TPSA) is 38.9 Å². The number of hydrogen-bond acceptors (Lipinski definition) is 2. The molecule has 0 aliphatic heterocycles. The van der Waals surface area contributed by atoms with Crippen LogP contribution in [-0.2, 0) is 0 Å². The molecule has 2 aromatic carbocycles. The van der Waals surface area contributed by atoms with Gasteiger partial charge in [-0.3, -0.25) is 4.98 Å². The summed E-state index contributed by atoms with van der Waals surface area (Å²) in [7, 11) is 0. The first-order valence-electron chi connectivity index (χ1n) is 6.06. The van der Waals surface area contributed by atoms with Crippen molar-refractivity contribution in [2.24, 2.45) is 0 Å². The van der Waals surface area contributed by atoms with Crippen molar-refractivity contribution in [3.8, 4) is 11.1 Å². The smallest absolute Gasteiger partial charge is 0.126 e. The molecule has 0 aliphatic rings. The number of benzene rings is 2. The summed E-state index contributed by atoms with van der Waals surface area (Å²) in [6.45, 7) is 1.75. The summed E-state index contributed by atoms with van der Waals surface area (Å²) in [5.74, 6) is -0.197. The van der Waals surface area contributed by atoms with E-state index in [1.165, 1.54) is 0 Å². The van der Waals surface area contributed by atoms with Crippen molar-refractivity contribution in [1.82, 2.24) is 4.98 Å². The number of fused-ring (bicyclic) bond motifs is 1. The van der Waals surface area contributed by atoms with Crippen molar-refractivity contribution >= 4 is 16.6 Å². The van der Waals surface area contributed by atoms with Gasteiger partial charge >= 0.3 is 0 Å². The van der Waals surface area contributed by atoms with Gasteiger partial charge in [-0.1, -0.05) is 18.2 Å². The van der Waals surface area contributed by atoms with E-state index in [-0.39, 0.29) is 5.82 Å². The summed E-state index contributed by atoms with van der Waals surface area (Å²) in [6, 6.07) is 12.8. The van der Waals surface area contributed by atoms with Gasteiger partial charge < -0.3 is 5.73 Å². The van der Waals surface area contributed by atoms with Gasteiger partial charge in [-0.25, -0.2) is 4.39 Å². The molecule has 0 aliphatic carbocycles. The highest BCUT2D eigenvalue weighted by atomic mass is 19.1. The average molecular weight is 252 g/mol. The zero-order valence-corrected chi connectivity index (χ0v) is 10.5. The van der Waals surface area contributed by atoms with E-state index < -0.39 is 0 Å². The predicted octanol–water partition coefficient (Wildman–Crippen LogP) is 3.93. The van der Waals surface area contributed by atoms with Crippen molar-refractivity contribution in [2.45, 2.75) is 6.92 Å². The van der Waals surface area contributed by atoms with Crippen molar-refractivity contribution < 1.29 is 4.39 Å². The van der Waals surface area contributed by atoms with Crippen molar-refractivity contribution in [1.29, 1.82) is 0 Å². The fourth-order valence-electron chi connectivity index (χ4n) is 2.12. The molecule has 0 saturated heterocycles. The average Bonchev–Trinajstić information content (AvgIpc) is 2.42. The summed E-state index contributed by atoms with van der Waals surface area (Å²) in [6.07, 6.45) is 1.68. The second-order valence-electron chi connectivity index (χ2n) is 4.60. The quantitative estimate of drug-likeness (QED) is 0.712. The zero-order valence-electron chi connectivity index (χ0n) is 10.5. The summed E-state index contributed by atoms with van der Waals surface area (Å²) in [5.41, 5.74) is 9.89. The second-order valence-corrected chi connectivity index (χ2v) is 4.60. The number of nitrogens with two attached hydrogens (primary N) is 1. The molecule has 3 heteroatoms. The van der Waals surface area contributed by atoms with Crippen LogP contribution in [0.25, 0.3) is 22.0 Å². The van der Waals surface area contributed by atoms with E-state index in [0.29, 0.717) is 11.3 Å². The molecule has 0 bridgehead atoms. The fraction of sp³-hybridized carbons (Fsp3) is 0.0625. The molecule has 1 heterocycles. The number of pyridine rings is 1. The van der Waals surface area contributed by atoms with Gasteiger partial charge in [-0.2, -0.15) is 0 Å². The number of hydrogen-bond donors (Lipinski definition) is 1. The van der Waals surface area contributed by atoms with E-state index >= 15 is 0 Å². The van der Waals surface area contributed by atoms with Gasteiger partial charge in [0.25, 0.3) is 0 Å². The first-order valence-corrected chi connectivity index (χ1v) is 6.06. The molecule has 0 spiro atoms. The van der Waals surface area contributed by atoms with Gasteiger partial charge in [-0.05, 0) is 47.9 Å². The molecule has 0 radical (unpaired) electrons. The SMILES string of the molecule is Cc1ccc(-c2ccc3nccc(N)c3c2)cc1F. The largest absolute Gasteiger partial charge is 0.398 e. The van der Waals surface area contributed by atoms with Gasteiger partial charge in [0.2, 0.25) is 0 Å². The lowest BCUT2D eigenvalue weighted by atomic mass is 10.0. The minimum absolute atomic E-state index is 0.197. The lowest BCUT2D eigenvalue weighted by molar-refractivity contribution is 0.619. The Labute approximate surface area is 110 Å². The van der Waals surface area contributed by atoms with Crippen molar-refractivity contribution in [3.05, 3.63) is 60.0 Å². The number of halogens is 1.